The van der Waals surface area contributed by atoms with Gasteiger partial charge >= 0.3 is 11.9 Å². The Morgan fingerprint density at radius 1 is 1.04 bits per heavy atom. The van der Waals surface area contributed by atoms with Crippen LogP contribution in [-0.4, -0.2) is 33.6 Å². The van der Waals surface area contributed by atoms with Gasteiger partial charge < -0.3 is 15.1 Å². The van der Waals surface area contributed by atoms with E-state index < -0.39 is 23.8 Å². The number of aliphatic carboxylic acids is 2. The largest absolute Gasteiger partial charge is 0.478 e. The molecule has 138 valence electrons. The molecule has 1 aliphatic heterocycles. The monoisotopic (exact) mass is 365 g/mol. The maximum Gasteiger partial charge on any atom is 0.333 e. The lowest BCUT2D eigenvalue weighted by Gasteiger charge is -2.37. The van der Waals surface area contributed by atoms with Crippen molar-refractivity contribution in [1.82, 2.24) is 4.90 Å². The Hall–Kier alpha value is -3.58. The van der Waals surface area contributed by atoms with Crippen molar-refractivity contribution in [3.8, 4) is 12.1 Å². The molecular formula is C20H19N3O4. The zero-order valence-electron chi connectivity index (χ0n) is 15.0. The van der Waals surface area contributed by atoms with Crippen molar-refractivity contribution >= 4 is 11.9 Å². The lowest BCUT2D eigenvalue weighted by atomic mass is 9.80. The van der Waals surface area contributed by atoms with Crippen LogP contribution in [0.25, 0.3) is 0 Å². The third-order valence-corrected chi connectivity index (χ3v) is 4.71. The lowest BCUT2D eigenvalue weighted by Crippen LogP contribution is -2.38. The number of nitrogens with zero attached hydrogens (tertiary/aromatic N) is 3. The van der Waals surface area contributed by atoms with Crippen LogP contribution in [0.15, 0.2) is 52.9 Å². The quantitative estimate of drug-likeness (QED) is 0.793. The second-order valence-electron chi connectivity index (χ2n) is 6.27. The predicted molar refractivity (Wildman–Crippen MR) is 95.7 cm³/mol. The van der Waals surface area contributed by atoms with Gasteiger partial charge in [0.05, 0.1) is 29.8 Å². The van der Waals surface area contributed by atoms with Crippen LogP contribution in [0.3, 0.4) is 0 Å². The maximum absolute atomic E-state index is 12.0. The minimum absolute atomic E-state index is 0.0310. The summed E-state index contributed by atoms with van der Waals surface area (Å²) in [6.45, 7) is 3.07. The number of nitriles is 2. The average molecular weight is 365 g/mol. The van der Waals surface area contributed by atoms with Crippen molar-refractivity contribution in [2.75, 3.05) is 6.54 Å². The standard InChI is InChI=1S/C20H19N3O4/c1-12-17(19(24)25)16(8-14-6-4-3-5-7-14)18(20(26)27)13(2)23(12)11-15(9-21)10-22/h3-7,15-16H,8,11H2,1-2H3,(H,24,25)(H,26,27). The van der Waals surface area contributed by atoms with Crippen LogP contribution in [0.4, 0.5) is 0 Å². The van der Waals surface area contributed by atoms with Gasteiger partial charge in [-0.1, -0.05) is 30.3 Å². The van der Waals surface area contributed by atoms with Gasteiger partial charge in [0.25, 0.3) is 0 Å². The van der Waals surface area contributed by atoms with Crippen LogP contribution < -0.4 is 0 Å². The molecule has 0 atom stereocenters. The number of carbonyl (C=O) groups is 2. The number of carboxylic acid groups (broad SMARTS) is 2. The smallest absolute Gasteiger partial charge is 0.333 e. The van der Waals surface area contributed by atoms with Crippen LogP contribution in [0, 0.1) is 34.5 Å². The van der Waals surface area contributed by atoms with E-state index in [9.17, 15) is 19.8 Å². The fraction of sp³-hybridized carbons (Fsp3) is 0.300. The fourth-order valence-electron chi connectivity index (χ4n) is 3.42. The van der Waals surface area contributed by atoms with Gasteiger partial charge in [0.1, 0.15) is 0 Å². The van der Waals surface area contributed by atoms with E-state index in [0.29, 0.717) is 11.4 Å². The van der Waals surface area contributed by atoms with E-state index in [4.69, 9.17) is 10.5 Å². The molecule has 0 radical (unpaired) electrons. The molecule has 0 aliphatic carbocycles. The van der Waals surface area contributed by atoms with Crippen LogP contribution in [0.5, 0.6) is 0 Å². The van der Waals surface area contributed by atoms with Crippen LogP contribution in [0.1, 0.15) is 19.4 Å². The van der Waals surface area contributed by atoms with Gasteiger partial charge in [-0.25, -0.2) is 9.59 Å². The van der Waals surface area contributed by atoms with Gasteiger partial charge in [-0.2, -0.15) is 10.5 Å². The molecule has 27 heavy (non-hydrogen) atoms. The Morgan fingerprint density at radius 2 is 1.52 bits per heavy atom. The Morgan fingerprint density at radius 3 is 1.93 bits per heavy atom. The first-order chi connectivity index (χ1) is 12.8. The van der Waals surface area contributed by atoms with Gasteiger partial charge in [-0.15, -0.1) is 0 Å². The minimum Gasteiger partial charge on any atom is -0.478 e. The molecule has 0 fully saturated rings. The summed E-state index contributed by atoms with van der Waals surface area (Å²) in [5.41, 5.74) is 1.46. The van der Waals surface area contributed by atoms with E-state index in [1.165, 1.54) is 4.90 Å². The van der Waals surface area contributed by atoms with Crippen molar-refractivity contribution in [3.05, 3.63) is 58.4 Å². The summed E-state index contributed by atoms with van der Waals surface area (Å²) >= 11 is 0. The normalized spacial score (nSPS) is 14.9. The van der Waals surface area contributed by atoms with Crippen molar-refractivity contribution < 1.29 is 19.8 Å². The summed E-state index contributed by atoms with van der Waals surface area (Å²) < 4.78 is 0. The predicted octanol–water partition coefficient (Wildman–Crippen LogP) is 2.54. The Kier molecular flexibility index (Phi) is 5.99. The molecule has 0 spiro atoms. The number of hydrogen-bond donors (Lipinski definition) is 2. The molecule has 0 aromatic heterocycles. The molecule has 0 saturated carbocycles. The zero-order chi connectivity index (χ0) is 20.1. The van der Waals surface area contributed by atoms with Gasteiger partial charge in [-0.3, -0.25) is 0 Å². The summed E-state index contributed by atoms with van der Waals surface area (Å²) in [5, 5.41) is 37.7. The zero-order valence-corrected chi connectivity index (χ0v) is 15.0. The number of allylic oxidation sites excluding steroid dienone is 2. The first-order valence-corrected chi connectivity index (χ1v) is 8.30. The van der Waals surface area contributed by atoms with Crippen molar-refractivity contribution in [2.45, 2.75) is 20.3 Å². The number of benzene rings is 1. The number of rotatable bonds is 6. The third kappa shape index (κ3) is 3.99. The fourth-order valence-corrected chi connectivity index (χ4v) is 3.42. The van der Waals surface area contributed by atoms with E-state index in [1.54, 1.807) is 13.8 Å². The Balaban J connectivity index is 2.60. The molecule has 1 aromatic carbocycles. The molecule has 0 amide bonds. The maximum atomic E-state index is 12.0. The highest BCUT2D eigenvalue weighted by Gasteiger charge is 2.38. The summed E-state index contributed by atoms with van der Waals surface area (Å²) in [5.74, 6) is -4.27. The van der Waals surface area contributed by atoms with Crippen LogP contribution in [-0.2, 0) is 16.0 Å². The summed E-state index contributed by atoms with van der Waals surface area (Å²) in [6, 6.07) is 12.8. The first kappa shape index (κ1) is 19.7. The van der Waals surface area contributed by atoms with E-state index in [-0.39, 0.29) is 24.1 Å². The highest BCUT2D eigenvalue weighted by atomic mass is 16.4. The second kappa shape index (κ2) is 8.20. The summed E-state index contributed by atoms with van der Waals surface area (Å²) in [7, 11) is 0. The molecule has 2 N–H and O–H groups in total. The van der Waals surface area contributed by atoms with E-state index in [0.717, 1.165) is 5.56 Å². The number of carboxylic acids is 2. The highest BCUT2D eigenvalue weighted by molar-refractivity contribution is 5.96. The molecule has 0 saturated heterocycles. The van der Waals surface area contributed by atoms with E-state index in [1.807, 2.05) is 42.5 Å². The van der Waals surface area contributed by atoms with Crippen LogP contribution >= 0.6 is 0 Å². The topological polar surface area (TPSA) is 125 Å². The molecule has 1 aliphatic rings. The van der Waals surface area contributed by atoms with Crippen LogP contribution in [0.2, 0.25) is 0 Å². The molecule has 1 heterocycles. The lowest BCUT2D eigenvalue weighted by molar-refractivity contribution is -0.134. The molecule has 7 nitrogen and oxygen atoms in total. The summed E-state index contributed by atoms with van der Waals surface area (Å²) in [4.78, 5) is 25.4. The molecule has 0 bridgehead atoms. The molecule has 7 heteroatoms. The number of hydrogen-bond acceptors (Lipinski definition) is 5. The third-order valence-electron chi connectivity index (χ3n) is 4.71. The average Bonchev–Trinajstić information content (AvgIpc) is 2.62. The molecular weight excluding hydrogens is 346 g/mol. The highest BCUT2D eigenvalue weighted by Crippen LogP contribution is 2.38. The van der Waals surface area contributed by atoms with Gasteiger partial charge in [-0.05, 0) is 25.8 Å². The Bertz CT molecular complexity index is 851. The molecule has 1 aromatic rings. The first-order valence-electron chi connectivity index (χ1n) is 8.30. The molecule has 2 rings (SSSR count). The van der Waals surface area contributed by atoms with Gasteiger partial charge in [0.15, 0.2) is 5.92 Å². The summed E-state index contributed by atoms with van der Waals surface area (Å²) in [6.07, 6.45) is 0.229. The van der Waals surface area contributed by atoms with E-state index >= 15 is 0 Å². The van der Waals surface area contributed by atoms with Crippen molar-refractivity contribution in [1.29, 1.82) is 10.5 Å². The van der Waals surface area contributed by atoms with Crippen molar-refractivity contribution in [3.63, 3.8) is 0 Å². The van der Waals surface area contributed by atoms with E-state index in [2.05, 4.69) is 0 Å². The van der Waals surface area contributed by atoms with Crippen molar-refractivity contribution in [2.24, 2.45) is 11.8 Å². The molecule has 0 unspecified atom stereocenters. The SMILES string of the molecule is CC1=C(C(=O)O)C(Cc2ccccc2)C(C(=O)O)=C(C)N1CC(C#N)C#N. The minimum atomic E-state index is -1.21. The second-order valence-corrected chi connectivity index (χ2v) is 6.27. The Labute approximate surface area is 157 Å². The van der Waals surface area contributed by atoms with Gasteiger partial charge in [0, 0.05) is 17.3 Å². The van der Waals surface area contributed by atoms with Gasteiger partial charge in [0.2, 0.25) is 0 Å².